The molecule has 0 amide bonds. The Balaban J connectivity index is 0.000000195. The summed E-state index contributed by atoms with van der Waals surface area (Å²) in [5.41, 5.74) is 2.15. The SMILES string of the molecule is CCC(=O)O.Cc1nc2ccccc2[nH]1. The number of aryl methyl sites for hydroxylation is 1. The number of fused-ring (bicyclic) bond motifs is 1. The molecular weight excluding hydrogens is 192 g/mol. The molecule has 0 atom stereocenters. The molecule has 0 fully saturated rings. The lowest BCUT2D eigenvalue weighted by Crippen LogP contribution is -1.86. The number of rotatable bonds is 1. The third-order valence-electron chi connectivity index (χ3n) is 1.81. The van der Waals surface area contributed by atoms with Crippen LogP contribution in [0.3, 0.4) is 0 Å². The monoisotopic (exact) mass is 206 g/mol. The van der Waals surface area contributed by atoms with Crippen molar-refractivity contribution in [1.29, 1.82) is 0 Å². The number of nitrogens with zero attached hydrogens (tertiary/aromatic N) is 1. The van der Waals surface area contributed by atoms with Crippen LogP contribution >= 0.6 is 0 Å². The van der Waals surface area contributed by atoms with Gasteiger partial charge < -0.3 is 10.1 Å². The van der Waals surface area contributed by atoms with Crippen LogP contribution in [-0.2, 0) is 4.79 Å². The number of imidazole rings is 1. The average molecular weight is 206 g/mol. The maximum Gasteiger partial charge on any atom is 0.303 e. The minimum Gasteiger partial charge on any atom is -0.481 e. The number of aliphatic carboxylic acids is 1. The van der Waals surface area contributed by atoms with Crippen LogP contribution in [0.15, 0.2) is 24.3 Å². The Kier molecular flexibility index (Phi) is 3.85. The lowest BCUT2D eigenvalue weighted by atomic mass is 10.3. The van der Waals surface area contributed by atoms with Gasteiger partial charge in [0.15, 0.2) is 0 Å². The molecule has 15 heavy (non-hydrogen) atoms. The first-order valence-electron chi connectivity index (χ1n) is 4.76. The number of aromatic nitrogens is 2. The Hall–Kier alpha value is -1.84. The van der Waals surface area contributed by atoms with E-state index in [4.69, 9.17) is 5.11 Å². The Labute approximate surface area is 88.0 Å². The fraction of sp³-hybridized carbons (Fsp3) is 0.273. The molecule has 2 rings (SSSR count). The van der Waals surface area contributed by atoms with E-state index in [0.717, 1.165) is 16.9 Å². The summed E-state index contributed by atoms with van der Waals surface area (Å²) >= 11 is 0. The van der Waals surface area contributed by atoms with E-state index in [-0.39, 0.29) is 6.42 Å². The number of hydrogen-bond donors (Lipinski definition) is 2. The zero-order chi connectivity index (χ0) is 11.3. The van der Waals surface area contributed by atoms with Gasteiger partial charge in [0.1, 0.15) is 5.82 Å². The van der Waals surface area contributed by atoms with E-state index in [2.05, 4.69) is 9.97 Å². The van der Waals surface area contributed by atoms with Crippen LogP contribution in [0.5, 0.6) is 0 Å². The fourth-order valence-electron chi connectivity index (χ4n) is 1.08. The van der Waals surface area contributed by atoms with Gasteiger partial charge in [-0.25, -0.2) is 4.98 Å². The van der Waals surface area contributed by atoms with Crippen LogP contribution in [0.4, 0.5) is 0 Å². The molecular formula is C11H14N2O2. The number of H-pyrrole nitrogens is 1. The van der Waals surface area contributed by atoms with Gasteiger partial charge in [0, 0.05) is 6.42 Å². The summed E-state index contributed by atoms with van der Waals surface area (Å²) in [5, 5.41) is 7.72. The number of carboxylic acid groups (broad SMARTS) is 1. The highest BCUT2D eigenvalue weighted by atomic mass is 16.4. The number of carboxylic acids is 1. The van der Waals surface area contributed by atoms with Crippen LogP contribution in [0.25, 0.3) is 11.0 Å². The van der Waals surface area contributed by atoms with Crippen molar-refractivity contribution >= 4 is 17.0 Å². The smallest absolute Gasteiger partial charge is 0.303 e. The van der Waals surface area contributed by atoms with Crippen molar-refractivity contribution in [2.75, 3.05) is 0 Å². The van der Waals surface area contributed by atoms with E-state index >= 15 is 0 Å². The van der Waals surface area contributed by atoms with Crippen molar-refractivity contribution in [1.82, 2.24) is 9.97 Å². The molecule has 1 aromatic heterocycles. The molecule has 4 heteroatoms. The molecule has 4 nitrogen and oxygen atoms in total. The summed E-state index contributed by atoms with van der Waals surface area (Å²) < 4.78 is 0. The molecule has 1 aromatic carbocycles. The Morgan fingerprint density at radius 2 is 2.07 bits per heavy atom. The largest absolute Gasteiger partial charge is 0.481 e. The number of nitrogens with one attached hydrogen (secondary N) is 1. The second-order valence-corrected chi connectivity index (χ2v) is 3.09. The van der Waals surface area contributed by atoms with Gasteiger partial charge in [-0.1, -0.05) is 19.1 Å². The predicted octanol–water partition coefficient (Wildman–Crippen LogP) is 2.35. The summed E-state index contributed by atoms with van der Waals surface area (Å²) in [7, 11) is 0. The van der Waals surface area contributed by atoms with Crippen molar-refractivity contribution in [3.05, 3.63) is 30.1 Å². The molecule has 0 aliphatic carbocycles. The Bertz CT molecular complexity index is 416. The quantitative estimate of drug-likeness (QED) is 0.752. The lowest BCUT2D eigenvalue weighted by molar-refractivity contribution is -0.136. The van der Waals surface area contributed by atoms with Crippen LogP contribution in [0.2, 0.25) is 0 Å². The van der Waals surface area contributed by atoms with E-state index in [1.807, 2.05) is 31.2 Å². The maximum absolute atomic E-state index is 9.37. The van der Waals surface area contributed by atoms with Crippen LogP contribution in [-0.4, -0.2) is 21.0 Å². The normalized spacial score (nSPS) is 9.47. The third-order valence-corrected chi connectivity index (χ3v) is 1.81. The van der Waals surface area contributed by atoms with Crippen molar-refractivity contribution < 1.29 is 9.90 Å². The van der Waals surface area contributed by atoms with E-state index in [9.17, 15) is 4.79 Å². The van der Waals surface area contributed by atoms with E-state index in [1.165, 1.54) is 0 Å². The van der Waals surface area contributed by atoms with Gasteiger partial charge in [-0.3, -0.25) is 4.79 Å². The van der Waals surface area contributed by atoms with Crippen LogP contribution in [0.1, 0.15) is 19.2 Å². The number of para-hydroxylation sites is 2. The van der Waals surface area contributed by atoms with Gasteiger partial charge in [0.2, 0.25) is 0 Å². The third kappa shape index (κ3) is 3.42. The van der Waals surface area contributed by atoms with Gasteiger partial charge in [-0.2, -0.15) is 0 Å². The minimum absolute atomic E-state index is 0.222. The second-order valence-electron chi connectivity index (χ2n) is 3.09. The highest BCUT2D eigenvalue weighted by Gasteiger charge is 1.93. The molecule has 0 spiro atoms. The number of benzene rings is 1. The van der Waals surface area contributed by atoms with Gasteiger partial charge in [0.25, 0.3) is 0 Å². The van der Waals surface area contributed by atoms with Crippen molar-refractivity contribution in [2.24, 2.45) is 0 Å². The highest BCUT2D eigenvalue weighted by molar-refractivity contribution is 5.74. The van der Waals surface area contributed by atoms with Crippen molar-refractivity contribution in [3.63, 3.8) is 0 Å². The van der Waals surface area contributed by atoms with Crippen molar-refractivity contribution in [3.8, 4) is 0 Å². The summed E-state index contributed by atoms with van der Waals surface area (Å²) in [4.78, 5) is 16.8. The minimum atomic E-state index is -0.745. The summed E-state index contributed by atoms with van der Waals surface area (Å²) in [5.74, 6) is 0.228. The van der Waals surface area contributed by atoms with Crippen LogP contribution in [0, 0.1) is 6.92 Å². The summed E-state index contributed by atoms with van der Waals surface area (Å²) in [6.07, 6.45) is 0.222. The van der Waals surface area contributed by atoms with Gasteiger partial charge in [-0.15, -0.1) is 0 Å². The van der Waals surface area contributed by atoms with E-state index < -0.39 is 5.97 Å². The molecule has 0 bridgehead atoms. The second kappa shape index (κ2) is 5.14. The maximum atomic E-state index is 9.37. The van der Waals surface area contributed by atoms with Gasteiger partial charge >= 0.3 is 5.97 Å². The lowest BCUT2D eigenvalue weighted by Gasteiger charge is -1.81. The first-order valence-corrected chi connectivity index (χ1v) is 4.76. The van der Waals surface area contributed by atoms with Gasteiger partial charge in [0.05, 0.1) is 11.0 Å². The zero-order valence-electron chi connectivity index (χ0n) is 8.82. The molecule has 0 saturated carbocycles. The standard InChI is InChI=1S/C8H8N2.C3H6O2/c1-6-9-7-4-2-3-5-8(7)10-6;1-2-3(4)5/h2-5H,1H3,(H,9,10);2H2,1H3,(H,4,5). The van der Waals surface area contributed by atoms with E-state index in [1.54, 1.807) is 6.92 Å². The topological polar surface area (TPSA) is 66.0 Å². The van der Waals surface area contributed by atoms with E-state index in [0.29, 0.717) is 0 Å². The molecule has 0 radical (unpaired) electrons. The van der Waals surface area contributed by atoms with Crippen LogP contribution < -0.4 is 0 Å². The average Bonchev–Trinajstić information content (AvgIpc) is 2.58. The summed E-state index contributed by atoms with van der Waals surface area (Å²) in [6, 6.07) is 8.01. The molecule has 80 valence electrons. The predicted molar refractivity (Wildman–Crippen MR) is 58.8 cm³/mol. The molecule has 2 aromatic rings. The zero-order valence-corrected chi connectivity index (χ0v) is 8.82. The van der Waals surface area contributed by atoms with Crippen molar-refractivity contribution in [2.45, 2.75) is 20.3 Å². The first kappa shape index (κ1) is 11.2. The molecule has 0 aliphatic heterocycles. The first-order chi connectivity index (χ1) is 7.13. The molecule has 2 N–H and O–H groups in total. The highest BCUT2D eigenvalue weighted by Crippen LogP contribution is 2.08. The fourth-order valence-corrected chi connectivity index (χ4v) is 1.08. The summed E-state index contributed by atoms with van der Waals surface area (Å²) in [6.45, 7) is 3.56. The number of aromatic amines is 1. The molecule has 0 aliphatic rings. The van der Waals surface area contributed by atoms with Gasteiger partial charge in [-0.05, 0) is 19.1 Å². The number of carbonyl (C=O) groups is 1. The molecule has 1 heterocycles. The Morgan fingerprint density at radius 3 is 2.60 bits per heavy atom. The molecule has 0 saturated heterocycles. The molecule has 0 unspecified atom stereocenters. The number of hydrogen-bond acceptors (Lipinski definition) is 2. The Morgan fingerprint density at radius 1 is 1.47 bits per heavy atom.